The second kappa shape index (κ2) is 5.30. The topological polar surface area (TPSA) is 66.6 Å². The van der Waals surface area contributed by atoms with E-state index in [-0.39, 0.29) is 0 Å². The van der Waals surface area contributed by atoms with Crippen LogP contribution < -0.4 is 10.3 Å². The molecule has 3 unspecified atom stereocenters. The normalized spacial score (nSPS) is 28.6. The third-order valence-corrected chi connectivity index (χ3v) is 7.18. The zero-order valence-corrected chi connectivity index (χ0v) is 14.3. The van der Waals surface area contributed by atoms with Crippen LogP contribution in [0.4, 0.5) is 5.95 Å². The van der Waals surface area contributed by atoms with Crippen LogP contribution in [0.25, 0.3) is 0 Å². The SMILES string of the molecule is CSc1nc(N)[n+]2c(c1C#N)SC1CCCC(I)C12. The summed E-state index contributed by atoms with van der Waals surface area (Å²) in [4.78, 5) is 4.42. The lowest BCUT2D eigenvalue weighted by Crippen LogP contribution is -2.50. The summed E-state index contributed by atoms with van der Waals surface area (Å²) in [7, 11) is 0. The van der Waals surface area contributed by atoms with Gasteiger partial charge in [0.05, 0.1) is 0 Å². The highest BCUT2D eigenvalue weighted by Crippen LogP contribution is 2.47. The van der Waals surface area contributed by atoms with Gasteiger partial charge in [-0.05, 0) is 19.1 Å². The minimum Gasteiger partial charge on any atom is -0.287 e. The molecule has 0 saturated heterocycles. The van der Waals surface area contributed by atoms with Gasteiger partial charge in [0.25, 0.3) is 0 Å². The van der Waals surface area contributed by atoms with Crippen molar-refractivity contribution in [1.29, 1.82) is 5.26 Å². The number of anilines is 1. The molecule has 19 heavy (non-hydrogen) atoms. The van der Waals surface area contributed by atoms with E-state index in [0.29, 0.717) is 26.7 Å². The van der Waals surface area contributed by atoms with E-state index in [2.05, 4.69) is 38.2 Å². The number of halogens is 1. The molecule has 2 N–H and O–H groups in total. The van der Waals surface area contributed by atoms with Gasteiger partial charge in [0.1, 0.15) is 17.7 Å². The molecule has 1 fully saturated rings. The average molecular weight is 405 g/mol. The highest BCUT2D eigenvalue weighted by Gasteiger charge is 2.46. The third-order valence-electron chi connectivity index (χ3n) is 3.70. The van der Waals surface area contributed by atoms with Gasteiger partial charge in [-0.2, -0.15) is 5.26 Å². The minimum atomic E-state index is 0.393. The van der Waals surface area contributed by atoms with Gasteiger partial charge in [0, 0.05) is 9.17 Å². The van der Waals surface area contributed by atoms with Gasteiger partial charge in [-0.15, -0.1) is 0 Å². The molecule has 1 saturated carbocycles. The Morgan fingerprint density at radius 3 is 3.05 bits per heavy atom. The fourth-order valence-electron chi connectivity index (χ4n) is 2.87. The molecule has 1 aromatic rings. The molecule has 7 heteroatoms. The number of nitrogens with two attached hydrogens (primary N) is 1. The molecular formula is C12H14IN4S2+. The second-order valence-electron chi connectivity index (χ2n) is 4.74. The van der Waals surface area contributed by atoms with Gasteiger partial charge in [0.15, 0.2) is 10.1 Å². The summed E-state index contributed by atoms with van der Waals surface area (Å²) in [5, 5.41) is 11.8. The van der Waals surface area contributed by atoms with Crippen molar-refractivity contribution in [3.8, 4) is 6.07 Å². The predicted molar refractivity (Wildman–Crippen MR) is 85.7 cm³/mol. The van der Waals surface area contributed by atoms with Crippen molar-refractivity contribution >= 4 is 52.1 Å². The first kappa shape index (κ1) is 13.8. The molecule has 2 aliphatic rings. The maximum absolute atomic E-state index is 9.43. The number of hydrogen-bond acceptors (Lipinski definition) is 5. The number of thioether (sulfide) groups is 2. The predicted octanol–water partition coefficient (Wildman–Crippen LogP) is 2.55. The molecule has 3 rings (SSSR count). The van der Waals surface area contributed by atoms with Crippen molar-refractivity contribution in [3.63, 3.8) is 0 Å². The molecule has 1 aromatic heterocycles. The van der Waals surface area contributed by atoms with Crippen LogP contribution in [0.1, 0.15) is 30.9 Å². The minimum absolute atomic E-state index is 0.393. The molecule has 3 atom stereocenters. The summed E-state index contributed by atoms with van der Waals surface area (Å²) < 4.78 is 2.69. The van der Waals surface area contributed by atoms with E-state index in [1.165, 1.54) is 31.0 Å². The van der Waals surface area contributed by atoms with E-state index < -0.39 is 0 Å². The van der Waals surface area contributed by atoms with Crippen LogP contribution >= 0.6 is 46.1 Å². The van der Waals surface area contributed by atoms with Crippen LogP contribution in [0.3, 0.4) is 0 Å². The monoisotopic (exact) mass is 405 g/mol. The summed E-state index contributed by atoms with van der Waals surface area (Å²) >= 11 is 5.84. The maximum atomic E-state index is 9.43. The highest BCUT2D eigenvalue weighted by atomic mass is 127. The van der Waals surface area contributed by atoms with E-state index >= 15 is 0 Å². The Morgan fingerprint density at radius 1 is 1.58 bits per heavy atom. The number of rotatable bonds is 1. The first-order chi connectivity index (χ1) is 9.17. The number of nitriles is 1. The zero-order chi connectivity index (χ0) is 13.6. The van der Waals surface area contributed by atoms with Crippen molar-refractivity contribution in [3.05, 3.63) is 5.56 Å². The highest BCUT2D eigenvalue weighted by molar-refractivity contribution is 14.1. The maximum Gasteiger partial charge on any atom is 0.391 e. The van der Waals surface area contributed by atoms with Crippen molar-refractivity contribution < 1.29 is 4.57 Å². The quantitative estimate of drug-likeness (QED) is 0.256. The van der Waals surface area contributed by atoms with Crippen molar-refractivity contribution in [1.82, 2.24) is 4.98 Å². The molecule has 2 heterocycles. The summed E-state index contributed by atoms with van der Waals surface area (Å²) in [5.74, 6) is 0.557. The lowest BCUT2D eigenvalue weighted by Gasteiger charge is -2.28. The van der Waals surface area contributed by atoms with E-state index in [1.807, 2.05) is 18.0 Å². The Morgan fingerprint density at radius 2 is 2.37 bits per heavy atom. The summed E-state index contributed by atoms with van der Waals surface area (Å²) in [6, 6.07) is 2.71. The molecule has 0 bridgehead atoms. The van der Waals surface area contributed by atoms with E-state index in [9.17, 15) is 5.26 Å². The fraction of sp³-hybridized carbons (Fsp3) is 0.583. The first-order valence-corrected chi connectivity index (χ1v) is 9.52. The molecule has 0 amide bonds. The molecule has 0 aromatic carbocycles. The van der Waals surface area contributed by atoms with Gasteiger partial charge in [-0.1, -0.05) is 57.5 Å². The van der Waals surface area contributed by atoms with E-state index in [4.69, 9.17) is 5.73 Å². The standard InChI is InChI=1S/C12H13IN4S2/c1-18-10-6(5-14)11-17(12(15)16-10)9-7(13)3-2-4-8(9)19-11/h7-9,15H,2-4H2,1H3/p+1. The summed E-state index contributed by atoms with van der Waals surface area (Å²) in [6.07, 6.45) is 5.63. The summed E-state index contributed by atoms with van der Waals surface area (Å²) in [5.41, 5.74) is 6.85. The number of nitrogen functional groups attached to an aromatic ring is 1. The fourth-order valence-corrected chi connectivity index (χ4v) is 6.62. The van der Waals surface area contributed by atoms with E-state index in [1.54, 1.807) is 0 Å². The van der Waals surface area contributed by atoms with Crippen molar-refractivity contribution in [2.24, 2.45) is 0 Å². The Labute approximate surface area is 134 Å². The Kier molecular flexibility index (Phi) is 3.84. The lowest BCUT2D eigenvalue weighted by molar-refractivity contribution is -0.739. The van der Waals surface area contributed by atoms with Gasteiger partial charge < -0.3 is 0 Å². The third kappa shape index (κ3) is 2.12. The van der Waals surface area contributed by atoms with Crippen LogP contribution in [0, 0.1) is 11.3 Å². The molecule has 1 aliphatic heterocycles. The molecule has 0 spiro atoms. The van der Waals surface area contributed by atoms with Gasteiger partial charge in [-0.25, -0.2) is 4.57 Å². The first-order valence-electron chi connectivity index (χ1n) is 6.17. The van der Waals surface area contributed by atoms with Crippen LogP contribution in [-0.2, 0) is 0 Å². The molecule has 0 radical (unpaired) electrons. The van der Waals surface area contributed by atoms with Crippen molar-refractivity contribution in [2.45, 2.75) is 44.5 Å². The molecular weight excluding hydrogens is 391 g/mol. The van der Waals surface area contributed by atoms with Crippen LogP contribution in [0.5, 0.6) is 0 Å². The van der Waals surface area contributed by atoms with Crippen LogP contribution in [0.15, 0.2) is 10.1 Å². The Bertz CT molecular complexity index is 572. The Balaban J connectivity index is 2.19. The Hall–Kier alpha value is -0.200. The molecule has 4 nitrogen and oxygen atoms in total. The smallest absolute Gasteiger partial charge is 0.287 e. The van der Waals surface area contributed by atoms with E-state index in [0.717, 1.165) is 10.1 Å². The number of nitrogens with zero attached hydrogens (tertiary/aromatic N) is 3. The zero-order valence-electron chi connectivity index (χ0n) is 10.5. The van der Waals surface area contributed by atoms with Gasteiger partial charge in [0.2, 0.25) is 0 Å². The summed E-state index contributed by atoms with van der Waals surface area (Å²) in [6.45, 7) is 0. The molecule has 100 valence electrons. The number of hydrogen-bond donors (Lipinski definition) is 1. The van der Waals surface area contributed by atoms with Crippen LogP contribution in [-0.4, -0.2) is 20.4 Å². The average Bonchev–Trinajstić information content (AvgIpc) is 2.79. The van der Waals surface area contributed by atoms with Gasteiger partial charge >= 0.3 is 5.95 Å². The number of fused-ring (bicyclic) bond motifs is 3. The lowest BCUT2D eigenvalue weighted by atomic mass is 9.94. The van der Waals surface area contributed by atoms with Crippen LogP contribution in [0.2, 0.25) is 0 Å². The van der Waals surface area contributed by atoms with Crippen molar-refractivity contribution in [2.75, 3.05) is 12.0 Å². The number of alkyl halides is 1. The second-order valence-corrected chi connectivity index (χ2v) is 8.36. The number of aromatic nitrogens is 2. The van der Waals surface area contributed by atoms with Gasteiger partial charge in [-0.3, -0.25) is 5.73 Å². The largest absolute Gasteiger partial charge is 0.391 e. The molecule has 1 aliphatic carbocycles.